The number of nitrogens with one attached hydrogen (secondary N) is 1. The monoisotopic (exact) mass is 310 g/mol. The standard InChI is InChI=1S/C20H26N2O/c1-3-16-8-10-19(11-9-16)22-14-17(20(23)12-15(22)2)13-21-18-6-4-5-7-18/h8-12,14,18,21H,3-7,13H2,1-2H3. The molecule has 0 spiro atoms. The van der Waals surface area contributed by atoms with E-state index in [0.29, 0.717) is 12.6 Å². The Labute approximate surface area is 138 Å². The molecular weight excluding hydrogens is 284 g/mol. The molecule has 1 saturated carbocycles. The van der Waals surface area contributed by atoms with Gasteiger partial charge >= 0.3 is 0 Å². The summed E-state index contributed by atoms with van der Waals surface area (Å²) in [4.78, 5) is 12.3. The van der Waals surface area contributed by atoms with Crippen molar-refractivity contribution < 1.29 is 0 Å². The maximum absolute atomic E-state index is 12.3. The van der Waals surface area contributed by atoms with Crippen LogP contribution in [0, 0.1) is 6.92 Å². The van der Waals surface area contributed by atoms with Crippen LogP contribution in [0.1, 0.15) is 49.4 Å². The molecule has 3 heteroatoms. The normalized spacial score (nSPS) is 15.2. The van der Waals surface area contributed by atoms with Crippen molar-refractivity contribution in [3.05, 3.63) is 63.6 Å². The van der Waals surface area contributed by atoms with E-state index in [1.54, 1.807) is 6.07 Å². The van der Waals surface area contributed by atoms with Gasteiger partial charge in [-0.05, 0) is 43.9 Å². The quantitative estimate of drug-likeness (QED) is 0.913. The van der Waals surface area contributed by atoms with Crippen molar-refractivity contribution >= 4 is 0 Å². The highest BCUT2D eigenvalue weighted by Gasteiger charge is 2.15. The minimum Gasteiger partial charge on any atom is -0.321 e. The average Bonchev–Trinajstić information content (AvgIpc) is 3.08. The second-order valence-electron chi connectivity index (χ2n) is 6.56. The van der Waals surface area contributed by atoms with Gasteiger partial charge < -0.3 is 9.88 Å². The Bertz CT molecular complexity index is 709. The van der Waals surface area contributed by atoms with Crippen LogP contribution in [-0.2, 0) is 13.0 Å². The van der Waals surface area contributed by atoms with E-state index in [2.05, 4.69) is 41.1 Å². The van der Waals surface area contributed by atoms with Gasteiger partial charge in [0.2, 0.25) is 0 Å². The maximum atomic E-state index is 12.3. The van der Waals surface area contributed by atoms with Crippen molar-refractivity contribution in [3.63, 3.8) is 0 Å². The van der Waals surface area contributed by atoms with Gasteiger partial charge in [0.15, 0.2) is 5.43 Å². The summed E-state index contributed by atoms with van der Waals surface area (Å²) in [6, 6.07) is 10.9. The molecule has 1 heterocycles. The lowest BCUT2D eigenvalue weighted by Gasteiger charge is -2.15. The van der Waals surface area contributed by atoms with Crippen LogP contribution >= 0.6 is 0 Å². The molecule has 3 rings (SSSR count). The molecule has 0 bridgehead atoms. The Morgan fingerprint density at radius 3 is 2.52 bits per heavy atom. The third-order valence-corrected chi connectivity index (χ3v) is 4.88. The van der Waals surface area contributed by atoms with Gasteiger partial charge in [-0.3, -0.25) is 4.79 Å². The first-order valence-electron chi connectivity index (χ1n) is 8.72. The Hall–Kier alpha value is -1.87. The topological polar surface area (TPSA) is 34.0 Å². The zero-order valence-electron chi connectivity index (χ0n) is 14.1. The molecule has 23 heavy (non-hydrogen) atoms. The van der Waals surface area contributed by atoms with E-state index in [-0.39, 0.29) is 5.43 Å². The largest absolute Gasteiger partial charge is 0.321 e. The molecule has 1 fully saturated rings. The number of hydrogen-bond donors (Lipinski definition) is 1. The van der Waals surface area contributed by atoms with Gasteiger partial charge in [0.25, 0.3) is 0 Å². The van der Waals surface area contributed by atoms with Crippen LogP contribution < -0.4 is 10.7 Å². The molecule has 0 atom stereocenters. The van der Waals surface area contributed by atoms with Crippen LogP contribution in [0.4, 0.5) is 0 Å². The average molecular weight is 310 g/mol. The fourth-order valence-electron chi connectivity index (χ4n) is 3.36. The fourth-order valence-corrected chi connectivity index (χ4v) is 3.36. The Balaban J connectivity index is 1.84. The van der Waals surface area contributed by atoms with Crippen molar-refractivity contribution in [2.75, 3.05) is 0 Å². The molecule has 0 aliphatic heterocycles. The first-order chi connectivity index (χ1) is 11.2. The molecule has 3 nitrogen and oxygen atoms in total. The SMILES string of the molecule is CCc1ccc(-n2cc(CNC3CCCC3)c(=O)cc2C)cc1. The number of aryl methyl sites for hydroxylation is 2. The number of aromatic nitrogens is 1. The van der Waals surface area contributed by atoms with E-state index in [4.69, 9.17) is 0 Å². The number of nitrogens with zero attached hydrogens (tertiary/aromatic N) is 1. The van der Waals surface area contributed by atoms with E-state index >= 15 is 0 Å². The molecule has 0 radical (unpaired) electrons. The Kier molecular flexibility index (Phi) is 4.97. The lowest BCUT2D eigenvalue weighted by molar-refractivity contribution is 0.522. The second kappa shape index (κ2) is 7.14. The van der Waals surface area contributed by atoms with E-state index in [9.17, 15) is 4.79 Å². The molecule has 0 unspecified atom stereocenters. The third kappa shape index (κ3) is 3.73. The molecule has 2 aromatic rings. The van der Waals surface area contributed by atoms with E-state index in [1.807, 2.05) is 13.1 Å². The van der Waals surface area contributed by atoms with Crippen molar-refractivity contribution in [1.82, 2.24) is 9.88 Å². The predicted molar refractivity (Wildman–Crippen MR) is 95.2 cm³/mol. The summed E-state index contributed by atoms with van der Waals surface area (Å²) in [5.74, 6) is 0. The van der Waals surface area contributed by atoms with Crippen LogP contribution in [0.25, 0.3) is 5.69 Å². The summed E-state index contributed by atoms with van der Waals surface area (Å²) in [5, 5.41) is 3.54. The van der Waals surface area contributed by atoms with Crippen molar-refractivity contribution in [2.45, 2.75) is 58.5 Å². The zero-order chi connectivity index (χ0) is 16.2. The molecule has 0 amide bonds. The summed E-state index contributed by atoms with van der Waals surface area (Å²) in [7, 11) is 0. The van der Waals surface area contributed by atoms with E-state index in [1.165, 1.54) is 31.2 Å². The number of pyridine rings is 1. The van der Waals surface area contributed by atoms with Gasteiger partial charge in [0.1, 0.15) is 0 Å². The summed E-state index contributed by atoms with van der Waals surface area (Å²) in [6.07, 6.45) is 8.12. The van der Waals surface area contributed by atoms with Gasteiger partial charge in [-0.25, -0.2) is 0 Å². The van der Waals surface area contributed by atoms with Gasteiger partial charge in [-0.2, -0.15) is 0 Å². The van der Waals surface area contributed by atoms with Gasteiger partial charge in [0.05, 0.1) is 0 Å². The minimum absolute atomic E-state index is 0.134. The minimum atomic E-state index is 0.134. The highest BCUT2D eigenvalue weighted by Crippen LogP contribution is 2.18. The zero-order valence-corrected chi connectivity index (χ0v) is 14.1. The van der Waals surface area contributed by atoms with Gasteiger partial charge in [0, 0.05) is 41.8 Å². The Morgan fingerprint density at radius 1 is 1.17 bits per heavy atom. The number of hydrogen-bond acceptors (Lipinski definition) is 2. The van der Waals surface area contributed by atoms with Crippen LogP contribution in [0.5, 0.6) is 0 Å². The number of rotatable bonds is 5. The Morgan fingerprint density at radius 2 is 1.87 bits per heavy atom. The summed E-state index contributed by atoms with van der Waals surface area (Å²) in [5.41, 5.74) is 4.40. The molecule has 122 valence electrons. The first-order valence-corrected chi connectivity index (χ1v) is 8.72. The van der Waals surface area contributed by atoms with Gasteiger partial charge in [-0.1, -0.05) is 31.9 Å². The lowest BCUT2D eigenvalue weighted by atomic mass is 10.1. The van der Waals surface area contributed by atoms with E-state index in [0.717, 1.165) is 23.4 Å². The fraction of sp³-hybridized carbons (Fsp3) is 0.450. The molecule has 1 aromatic heterocycles. The summed E-state index contributed by atoms with van der Waals surface area (Å²) < 4.78 is 2.12. The smallest absolute Gasteiger partial charge is 0.186 e. The molecule has 1 aromatic carbocycles. The van der Waals surface area contributed by atoms with Crippen molar-refractivity contribution in [2.24, 2.45) is 0 Å². The lowest BCUT2D eigenvalue weighted by Crippen LogP contribution is -2.28. The first kappa shape index (κ1) is 16.0. The molecule has 1 aliphatic carbocycles. The maximum Gasteiger partial charge on any atom is 0.186 e. The van der Waals surface area contributed by atoms with Crippen LogP contribution in [0.2, 0.25) is 0 Å². The predicted octanol–water partition coefficient (Wildman–Crippen LogP) is 3.74. The summed E-state index contributed by atoms with van der Waals surface area (Å²) >= 11 is 0. The van der Waals surface area contributed by atoms with Gasteiger partial charge in [-0.15, -0.1) is 0 Å². The van der Waals surface area contributed by atoms with Crippen LogP contribution in [0.15, 0.2) is 41.3 Å². The van der Waals surface area contributed by atoms with E-state index < -0.39 is 0 Å². The summed E-state index contributed by atoms with van der Waals surface area (Å²) in [6.45, 7) is 4.81. The molecular formula is C20H26N2O. The molecule has 1 aliphatic rings. The van der Waals surface area contributed by atoms with Crippen LogP contribution in [-0.4, -0.2) is 10.6 Å². The molecule has 1 N–H and O–H groups in total. The molecule has 0 saturated heterocycles. The van der Waals surface area contributed by atoms with Crippen molar-refractivity contribution in [1.29, 1.82) is 0 Å². The highest BCUT2D eigenvalue weighted by atomic mass is 16.1. The highest BCUT2D eigenvalue weighted by molar-refractivity contribution is 5.37. The second-order valence-corrected chi connectivity index (χ2v) is 6.56. The van der Waals surface area contributed by atoms with Crippen LogP contribution in [0.3, 0.4) is 0 Å². The number of benzene rings is 1. The third-order valence-electron chi connectivity index (χ3n) is 4.88. The van der Waals surface area contributed by atoms with Crippen molar-refractivity contribution in [3.8, 4) is 5.69 Å².